The average Bonchev–Trinajstić information content (AvgIpc) is 3.10. The van der Waals surface area contributed by atoms with E-state index in [1.54, 1.807) is 24.3 Å². The Bertz CT molecular complexity index is 928. The number of aromatic nitrogens is 2. The number of carbonyl (C=O) groups excluding carboxylic acids is 1. The molecule has 0 spiro atoms. The summed E-state index contributed by atoms with van der Waals surface area (Å²) in [6.45, 7) is 0.247. The summed E-state index contributed by atoms with van der Waals surface area (Å²) in [5.74, 6) is 1.15. The maximum Gasteiger partial charge on any atom is 0.322 e. The molecule has 0 aliphatic carbocycles. The Morgan fingerprint density at radius 2 is 1.84 bits per heavy atom. The van der Waals surface area contributed by atoms with E-state index in [2.05, 4.69) is 31.4 Å². The maximum absolute atomic E-state index is 12.3. The van der Waals surface area contributed by atoms with Crippen LogP contribution < -0.4 is 14.8 Å². The van der Waals surface area contributed by atoms with E-state index in [1.807, 2.05) is 24.3 Å². The first-order chi connectivity index (χ1) is 12.2. The van der Waals surface area contributed by atoms with Gasteiger partial charge in [-0.1, -0.05) is 29.4 Å². The van der Waals surface area contributed by atoms with Gasteiger partial charge < -0.3 is 13.9 Å². The molecule has 1 N–H and O–H groups in total. The fourth-order valence-corrected chi connectivity index (χ4v) is 2.83. The van der Waals surface area contributed by atoms with E-state index >= 15 is 0 Å². The van der Waals surface area contributed by atoms with Crippen LogP contribution in [-0.2, 0) is 0 Å². The Balaban J connectivity index is 1.48. The number of nitrogens with zero attached hydrogens (tertiary/aromatic N) is 2. The molecule has 25 heavy (non-hydrogen) atoms. The van der Waals surface area contributed by atoms with Crippen molar-refractivity contribution in [3.05, 3.63) is 64.5 Å². The largest absolute Gasteiger partial charge is 0.485 e. The van der Waals surface area contributed by atoms with Crippen LogP contribution in [0.4, 0.5) is 6.01 Å². The summed E-state index contributed by atoms with van der Waals surface area (Å²) in [5, 5.41) is 10.3. The Morgan fingerprint density at radius 3 is 2.68 bits per heavy atom. The van der Waals surface area contributed by atoms with Gasteiger partial charge in [0.05, 0.1) is 5.56 Å². The molecule has 1 atom stereocenters. The summed E-state index contributed by atoms with van der Waals surface area (Å²) in [4.78, 5) is 12.3. The number of halogens is 1. The molecule has 3 aromatic rings. The van der Waals surface area contributed by atoms with E-state index in [9.17, 15) is 4.79 Å². The normalized spacial score (nSPS) is 15.6. The topological polar surface area (TPSA) is 86.5 Å². The molecule has 126 valence electrons. The van der Waals surface area contributed by atoms with Crippen molar-refractivity contribution in [3.63, 3.8) is 0 Å². The molecule has 1 amide bonds. The van der Waals surface area contributed by atoms with Crippen LogP contribution in [0.25, 0.3) is 0 Å². The number of para-hydroxylation sites is 2. The molecule has 8 heteroatoms. The summed E-state index contributed by atoms with van der Waals surface area (Å²) in [6, 6.07) is 14.4. The molecule has 4 rings (SSSR count). The third-order valence-corrected chi connectivity index (χ3v) is 4.26. The van der Waals surface area contributed by atoms with Crippen molar-refractivity contribution in [2.24, 2.45) is 0 Å². The van der Waals surface area contributed by atoms with Crippen molar-refractivity contribution in [2.45, 2.75) is 6.10 Å². The van der Waals surface area contributed by atoms with Crippen molar-refractivity contribution in [1.29, 1.82) is 0 Å². The standard InChI is InChI=1S/C17H12BrN3O4/c18-11-6-2-1-5-10(11)15(22)19-17-21-20-16(25-17)14-9-23-12-7-3-4-8-13(12)24-14/h1-8,14H,9H2,(H,19,21,22). The summed E-state index contributed by atoms with van der Waals surface area (Å²) in [6.07, 6.45) is -0.531. The predicted molar refractivity (Wildman–Crippen MR) is 91.7 cm³/mol. The number of benzene rings is 2. The lowest BCUT2D eigenvalue weighted by Gasteiger charge is -2.23. The molecule has 2 aromatic carbocycles. The lowest BCUT2D eigenvalue weighted by molar-refractivity contribution is 0.0716. The maximum atomic E-state index is 12.3. The highest BCUT2D eigenvalue weighted by atomic mass is 79.9. The van der Waals surface area contributed by atoms with Gasteiger partial charge in [-0.05, 0) is 40.2 Å². The van der Waals surface area contributed by atoms with Gasteiger partial charge in [0.2, 0.25) is 6.10 Å². The molecule has 0 bridgehead atoms. The molecule has 1 aromatic heterocycles. The van der Waals surface area contributed by atoms with Gasteiger partial charge in [0.25, 0.3) is 11.8 Å². The number of nitrogens with one attached hydrogen (secondary N) is 1. The molecule has 0 saturated heterocycles. The van der Waals surface area contributed by atoms with Crippen molar-refractivity contribution in [1.82, 2.24) is 10.2 Å². The SMILES string of the molecule is O=C(Nc1nnc(C2COc3ccccc3O2)o1)c1ccccc1Br. The van der Waals surface area contributed by atoms with E-state index in [4.69, 9.17) is 13.9 Å². The van der Waals surface area contributed by atoms with E-state index in [0.717, 1.165) is 0 Å². The molecule has 2 heterocycles. The van der Waals surface area contributed by atoms with Crippen molar-refractivity contribution in [2.75, 3.05) is 11.9 Å². The number of hydrogen-bond donors (Lipinski definition) is 1. The van der Waals surface area contributed by atoms with Gasteiger partial charge in [-0.3, -0.25) is 10.1 Å². The van der Waals surface area contributed by atoms with Gasteiger partial charge in [-0.15, -0.1) is 5.10 Å². The summed E-state index contributed by atoms with van der Waals surface area (Å²) >= 11 is 3.33. The zero-order valence-electron chi connectivity index (χ0n) is 12.8. The highest BCUT2D eigenvalue weighted by Crippen LogP contribution is 2.35. The van der Waals surface area contributed by atoms with Gasteiger partial charge in [-0.2, -0.15) is 0 Å². The lowest BCUT2D eigenvalue weighted by Crippen LogP contribution is -2.21. The van der Waals surface area contributed by atoms with Crippen LogP contribution in [0.5, 0.6) is 11.5 Å². The molecule has 0 fully saturated rings. The number of hydrogen-bond acceptors (Lipinski definition) is 6. The first kappa shape index (κ1) is 15.6. The second-order valence-corrected chi connectivity index (χ2v) is 6.10. The number of rotatable bonds is 3. The predicted octanol–water partition coefficient (Wildman–Crippen LogP) is 3.60. The van der Waals surface area contributed by atoms with Crippen LogP contribution in [0, 0.1) is 0 Å². The number of carbonyl (C=O) groups is 1. The van der Waals surface area contributed by atoms with Crippen LogP contribution in [0.2, 0.25) is 0 Å². The fraction of sp³-hybridized carbons (Fsp3) is 0.118. The van der Waals surface area contributed by atoms with Crippen molar-refractivity contribution < 1.29 is 18.7 Å². The molecule has 1 aliphatic rings. The Hall–Kier alpha value is -2.87. The number of fused-ring (bicyclic) bond motifs is 1. The van der Waals surface area contributed by atoms with Gasteiger partial charge in [-0.25, -0.2) is 0 Å². The number of amides is 1. The van der Waals surface area contributed by atoms with E-state index in [0.29, 0.717) is 21.5 Å². The minimum absolute atomic E-state index is 0.00166. The van der Waals surface area contributed by atoms with Gasteiger partial charge in [0, 0.05) is 4.47 Å². The highest BCUT2D eigenvalue weighted by Gasteiger charge is 2.27. The fourth-order valence-electron chi connectivity index (χ4n) is 2.37. The summed E-state index contributed by atoms with van der Waals surface area (Å²) in [5.41, 5.74) is 0.466. The highest BCUT2D eigenvalue weighted by molar-refractivity contribution is 9.10. The molecule has 1 unspecified atom stereocenters. The summed E-state index contributed by atoms with van der Waals surface area (Å²) < 4.78 is 17.6. The smallest absolute Gasteiger partial charge is 0.322 e. The van der Waals surface area contributed by atoms with Crippen LogP contribution in [0.3, 0.4) is 0 Å². The third kappa shape index (κ3) is 3.20. The second-order valence-electron chi connectivity index (χ2n) is 5.24. The van der Waals surface area contributed by atoms with Crippen molar-refractivity contribution in [3.8, 4) is 11.5 Å². The lowest BCUT2D eigenvalue weighted by atomic mass is 10.2. The average molecular weight is 402 g/mol. The monoisotopic (exact) mass is 401 g/mol. The van der Waals surface area contributed by atoms with Crippen LogP contribution in [0.1, 0.15) is 22.4 Å². The minimum atomic E-state index is -0.531. The zero-order valence-corrected chi connectivity index (χ0v) is 14.4. The first-order valence-electron chi connectivity index (χ1n) is 7.48. The van der Waals surface area contributed by atoms with Gasteiger partial charge in [0.15, 0.2) is 11.5 Å². The Labute approximate surface area is 151 Å². The first-order valence-corrected chi connectivity index (χ1v) is 8.28. The molecule has 1 aliphatic heterocycles. The second kappa shape index (κ2) is 6.56. The number of ether oxygens (including phenoxy) is 2. The van der Waals surface area contributed by atoms with Crippen LogP contribution in [-0.4, -0.2) is 22.7 Å². The molecule has 0 radical (unpaired) electrons. The zero-order chi connectivity index (χ0) is 17.2. The summed E-state index contributed by atoms with van der Waals surface area (Å²) in [7, 11) is 0. The van der Waals surface area contributed by atoms with E-state index in [1.165, 1.54) is 0 Å². The number of anilines is 1. The van der Waals surface area contributed by atoms with Crippen LogP contribution >= 0.6 is 15.9 Å². The third-order valence-electron chi connectivity index (χ3n) is 3.56. The molecule has 7 nitrogen and oxygen atoms in total. The van der Waals surface area contributed by atoms with E-state index < -0.39 is 6.10 Å². The molecular formula is C17H12BrN3O4. The Kier molecular flexibility index (Phi) is 4.10. The van der Waals surface area contributed by atoms with E-state index in [-0.39, 0.29) is 24.4 Å². The Morgan fingerprint density at radius 1 is 1.08 bits per heavy atom. The molecular weight excluding hydrogens is 390 g/mol. The molecule has 0 saturated carbocycles. The van der Waals surface area contributed by atoms with Crippen LogP contribution in [0.15, 0.2) is 57.4 Å². The minimum Gasteiger partial charge on any atom is -0.485 e. The van der Waals surface area contributed by atoms with Gasteiger partial charge >= 0.3 is 6.01 Å². The van der Waals surface area contributed by atoms with Crippen molar-refractivity contribution >= 4 is 27.9 Å². The van der Waals surface area contributed by atoms with Gasteiger partial charge in [0.1, 0.15) is 6.61 Å². The quantitative estimate of drug-likeness (QED) is 0.721.